The zero-order valence-electron chi connectivity index (χ0n) is 11.7. The number of likely N-dealkylation sites (tertiary alicyclic amines) is 2. The largest absolute Gasteiger partial charge is 0.325 e. The smallest absolute Gasteiger partial charge is 0.319 e. The molecule has 4 nitrogen and oxygen atoms in total. The van der Waals surface area contributed by atoms with Gasteiger partial charge >= 0.3 is 6.03 Å². The summed E-state index contributed by atoms with van der Waals surface area (Å²) in [6.45, 7) is 7.08. The normalized spacial score (nSPS) is 22.3. The third-order valence-corrected chi connectivity index (χ3v) is 4.08. The summed E-state index contributed by atoms with van der Waals surface area (Å²) in [5, 5.41) is 3.56. The maximum absolute atomic E-state index is 12.3. The van der Waals surface area contributed by atoms with Gasteiger partial charge in [-0.2, -0.15) is 0 Å². The second-order valence-electron chi connectivity index (χ2n) is 5.55. The van der Waals surface area contributed by atoms with Crippen molar-refractivity contribution in [3.63, 3.8) is 0 Å². The minimum Gasteiger partial charge on any atom is -0.325 e. The first-order valence-corrected chi connectivity index (χ1v) is 7.58. The number of nitrogens with one attached hydrogen (secondary N) is 1. The Balaban J connectivity index is 1.73. The first-order chi connectivity index (χ1) is 8.81. The Bertz CT molecular complexity index is 256. The molecule has 0 aromatic rings. The van der Waals surface area contributed by atoms with Gasteiger partial charge in [-0.25, -0.2) is 4.79 Å². The van der Waals surface area contributed by atoms with Gasteiger partial charge in [0.15, 0.2) is 0 Å². The standard InChI is InChI=1S/C14H27N3O/c1-2-8-15-13-6-11-17(12-7-13)14(18)16-9-4-3-5-10-16/h13,15H,2-12H2,1H3. The quantitative estimate of drug-likeness (QED) is 0.835. The van der Waals surface area contributed by atoms with Crippen LogP contribution >= 0.6 is 0 Å². The van der Waals surface area contributed by atoms with Crippen LogP contribution in [0.4, 0.5) is 4.79 Å². The number of rotatable bonds is 3. The summed E-state index contributed by atoms with van der Waals surface area (Å²) < 4.78 is 0. The average Bonchev–Trinajstić information content (AvgIpc) is 2.46. The Kier molecular flexibility index (Phi) is 5.29. The molecule has 0 saturated carbocycles. The summed E-state index contributed by atoms with van der Waals surface area (Å²) in [6.07, 6.45) is 7.05. The summed E-state index contributed by atoms with van der Waals surface area (Å²) in [5.41, 5.74) is 0. The number of carbonyl (C=O) groups is 1. The molecule has 2 aliphatic heterocycles. The summed E-state index contributed by atoms with van der Waals surface area (Å²) >= 11 is 0. The fourth-order valence-electron chi connectivity index (χ4n) is 2.91. The number of piperidine rings is 2. The molecule has 2 rings (SSSR count). The van der Waals surface area contributed by atoms with Gasteiger partial charge in [-0.3, -0.25) is 0 Å². The molecule has 1 N–H and O–H groups in total. The van der Waals surface area contributed by atoms with E-state index in [4.69, 9.17) is 0 Å². The van der Waals surface area contributed by atoms with Crippen molar-refractivity contribution in [3.05, 3.63) is 0 Å². The van der Waals surface area contributed by atoms with Crippen LogP contribution in [0.3, 0.4) is 0 Å². The zero-order valence-corrected chi connectivity index (χ0v) is 11.7. The van der Waals surface area contributed by atoms with Gasteiger partial charge in [0, 0.05) is 32.2 Å². The van der Waals surface area contributed by atoms with Gasteiger partial charge in [-0.1, -0.05) is 6.92 Å². The van der Waals surface area contributed by atoms with Crippen molar-refractivity contribution >= 4 is 6.03 Å². The lowest BCUT2D eigenvalue weighted by atomic mass is 10.0. The molecule has 0 aromatic heterocycles. The van der Waals surface area contributed by atoms with Crippen LogP contribution in [0.15, 0.2) is 0 Å². The molecule has 0 aliphatic carbocycles. The Labute approximate surface area is 111 Å². The molecule has 0 aromatic carbocycles. The van der Waals surface area contributed by atoms with E-state index in [9.17, 15) is 4.79 Å². The molecule has 2 saturated heterocycles. The number of urea groups is 1. The molecule has 0 unspecified atom stereocenters. The van der Waals surface area contributed by atoms with Crippen molar-refractivity contribution in [1.82, 2.24) is 15.1 Å². The van der Waals surface area contributed by atoms with E-state index in [2.05, 4.69) is 17.1 Å². The highest BCUT2D eigenvalue weighted by Crippen LogP contribution is 2.16. The second-order valence-corrected chi connectivity index (χ2v) is 5.55. The van der Waals surface area contributed by atoms with Crippen LogP contribution < -0.4 is 5.32 Å². The van der Waals surface area contributed by atoms with Gasteiger partial charge in [0.2, 0.25) is 0 Å². The molecule has 2 heterocycles. The van der Waals surface area contributed by atoms with Gasteiger partial charge in [0.1, 0.15) is 0 Å². The van der Waals surface area contributed by atoms with E-state index >= 15 is 0 Å². The minimum atomic E-state index is 0.281. The fraction of sp³-hybridized carbons (Fsp3) is 0.929. The van der Waals surface area contributed by atoms with Crippen LogP contribution in [0.25, 0.3) is 0 Å². The van der Waals surface area contributed by atoms with Crippen molar-refractivity contribution < 1.29 is 4.79 Å². The molecule has 0 radical (unpaired) electrons. The highest BCUT2D eigenvalue weighted by molar-refractivity contribution is 5.74. The van der Waals surface area contributed by atoms with Crippen LogP contribution in [-0.4, -0.2) is 54.6 Å². The molecule has 0 spiro atoms. The third kappa shape index (κ3) is 3.61. The molecule has 4 heteroatoms. The molecule has 0 bridgehead atoms. The van der Waals surface area contributed by atoms with Gasteiger partial charge in [0.05, 0.1) is 0 Å². The van der Waals surface area contributed by atoms with E-state index in [0.29, 0.717) is 6.04 Å². The van der Waals surface area contributed by atoms with Gasteiger partial charge in [-0.15, -0.1) is 0 Å². The molecule has 104 valence electrons. The zero-order chi connectivity index (χ0) is 12.8. The predicted octanol–water partition coefficient (Wildman–Crippen LogP) is 2.06. The summed E-state index contributed by atoms with van der Waals surface area (Å²) in [5.74, 6) is 0. The van der Waals surface area contributed by atoms with E-state index in [-0.39, 0.29) is 6.03 Å². The summed E-state index contributed by atoms with van der Waals surface area (Å²) in [7, 11) is 0. The molecule has 18 heavy (non-hydrogen) atoms. The van der Waals surface area contributed by atoms with Crippen LogP contribution in [0.2, 0.25) is 0 Å². The highest BCUT2D eigenvalue weighted by Gasteiger charge is 2.26. The van der Waals surface area contributed by atoms with E-state index in [1.165, 1.54) is 25.7 Å². The van der Waals surface area contributed by atoms with E-state index in [1.807, 2.05) is 4.90 Å². The Hall–Kier alpha value is -0.770. The second kappa shape index (κ2) is 6.98. The highest BCUT2D eigenvalue weighted by atomic mass is 16.2. The van der Waals surface area contributed by atoms with Crippen LogP contribution in [-0.2, 0) is 0 Å². The van der Waals surface area contributed by atoms with E-state index in [1.54, 1.807) is 0 Å². The van der Waals surface area contributed by atoms with E-state index < -0.39 is 0 Å². The van der Waals surface area contributed by atoms with Gasteiger partial charge < -0.3 is 15.1 Å². The molecule has 2 fully saturated rings. The van der Waals surface area contributed by atoms with E-state index in [0.717, 1.165) is 45.6 Å². The molecule has 0 atom stereocenters. The van der Waals surface area contributed by atoms with Crippen molar-refractivity contribution in [2.45, 2.75) is 51.5 Å². The molecule has 2 amide bonds. The first-order valence-electron chi connectivity index (χ1n) is 7.58. The first kappa shape index (κ1) is 13.7. The number of nitrogens with zero attached hydrogens (tertiary/aromatic N) is 2. The van der Waals surface area contributed by atoms with Crippen LogP contribution in [0.5, 0.6) is 0 Å². The molecular formula is C14H27N3O. The molecular weight excluding hydrogens is 226 g/mol. The van der Waals surface area contributed by atoms with Crippen LogP contribution in [0, 0.1) is 0 Å². The number of carbonyl (C=O) groups excluding carboxylic acids is 1. The Morgan fingerprint density at radius 1 is 1.06 bits per heavy atom. The maximum Gasteiger partial charge on any atom is 0.319 e. The fourth-order valence-corrected chi connectivity index (χ4v) is 2.91. The topological polar surface area (TPSA) is 35.6 Å². The average molecular weight is 253 g/mol. The van der Waals surface area contributed by atoms with Crippen molar-refractivity contribution in [2.24, 2.45) is 0 Å². The Morgan fingerprint density at radius 2 is 1.67 bits per heavy atom. The lowest BCUT2D eigenvalue weighted by molar-refractivity contribution is 0.129. The Morgan fingerprint density at radius 3 is 2.28 bits per heavy atom. The predicted molar refractivity (Wildman–Crippen MR) is 73.7 cm³/mol. The number of hydrogen-bond acceptors (Lipinski definition) is 2. The van der Waals surface area contributed by atoms with Crippen LogP contribution in [0.1, 0.15) is 45.4 Å². The lowest BCUT2D eigenvalue weighted by Crippen LogP contribution is -2.50. The lowest BCUT2D eigenvalue weighted by Gasteiger charge is -2.37. The summed E-state index contributed by atoms with van der Waals surface area (Å²) in [4.78, 5) is 16.4. The minimum absolute atomic E-state index is 0.281. The summed E-state index contributed by atoms with van der Waals surface area (Å²) in [6, 6.07) is 0.902. The monoisotopic (exact) mass is 253 g/mol. The number of amides is 2. The number of hydrogen-bond donors (Lipinski definition) is 1. The van der Waals surface area contributed by atoms with Crippen molar-refractivity contribution in [2.75, 3.05) is 32.7 Å². The van der Waals surface area contributed by atoms with Gasteiger partial charge in [-0.05, 0) is 45.1 Å². The molecule has 2 aliphatic rings. The maximum atomic E-state index is 12.3. The van der Waals surface area contributed by atoms with Crippen molar-refractivity contribution in [3.8, 4) is 0 Å². The SMILES string of the molecule is CCCNC1CCN(C(=O)N2CCCCC2)CC1. The van der Waals surface area contributed by atoms with Gasteiger partial charge in [0.25, 0.3) is 0 Å². The third-order valence-electron chi connectivity index (χ3n) is 4.08. The van der Waals surface area contributed by atoms with Crippen molar-refractivity contribution in [1.29, 1.82) is 0 Å².